The third kappa shape index (κ3) is 4.04. The van der Waals surface area contributed by atoms with Crippen LogP contribution in [0.25, 0.3) is 11.0 Å². The zero-order chi connectivity index (χ0) is 21.3. The number of rotatable bonds is 5. The van der Waals surface area contributed by atoms with Crippen LogP contribution in [0.5, 0.6) is 5.75 Å². The van der Waals surface area contributed by atoms with E-state index < -0.39 is 39.3 Å². The summed E-state index contributed by atoms with van der Waals surface area (Å²) in [6, 6.07) is 5.01. The Morgan fingerprint density at radius 1 is 1.20 bits per heavy atom. The number of fused-ring (bicyclic) bond motifs is 1. The molecular weight excluding hydrogens is 420 g/mol. The number of hydrogen-bond donors (Lipinski definition) is 3. The smallest absolute Gasteiger partial charge is 0.408 e. The molecule has 3 aromatic rings. The summed E-state index contributed by atoms with van der Waals surface area (Å²) >= 11 is 0. The molecule has 0 bridgehead atoms. The van der Waals surface area contributed by atoms with Crippen LogP contribution in [0.15, 0.2) is 36.7 Å². The Balaban J connectivity index is 1.51. The van der Waals surface area contributed by atoms with E-state index in [1.807, 2.05) is 5.32 Å². The lowest BCUT2D eigenvalue weighted by Gasteiger charge is -2.18. The number of amides is 1. The number of nitrogens with one attached hydrogen (secondary N) is 3. The van der Waals surface area contributed by atoms with Gasteiger partial charge in [-0.05, 0) is 37.1 Å². The molecule has 0 radical (unpaired) electrons. The van der Waals surface area contributed by atoms with Gasteiger partial charge in [0.2, 0.25) is 0 Å². The van der Waals surface area contributed by atoms with Gasteiger partial charge in [-0.1, -0.05) is 0 Å². The van der Waals surface area contributed by atoms with Gasteiger partial charge in [0.25, 0.3) is 0 Å². The average molecular weight is 437 g/mol. The number of aromatic nitrogens is 2. The molecule has 0 spiro atoms. The predicted octanol–water partition coefficient (Wildman–Crippen LogP) is 3.20. The van der Waals surface area contributed by atoms with Gasteiger partial charge in [0.15, 0.2) is 11.6 Å². The second-order valence-corrected chi connectivity index (χ2v) is 8.27. The first-order valence-electron chi connectivity index (χ1n) is 9.01. The monoisotopic (exact) mass is 437 g/mol. The number of benzene rings is 1. The van der Waals surface area contributed by atoms with Gasteiger partial charge in [-0.15, -0.1) is 0 Å². The Hall–Kier alpha value is -3.25. The molecule has 1 aliphatic heterocycles. The highest BCUT2D eigenvalue weighted by Crippen LogP contribution is 2.28. The summed E-state index contributed by atoms with van der Waals surface area (Å²) < 4.78 is 61.8. The molecular formula is C18H17F2N5O4S. The van der Waals surface area contributed by atoms with Gasteiger partial charge >= 0.3 is 16.3 Å². The van der Waals surface area contributed by atoms with Gasteiger partial charge in [0.1, 0.15) is 17.2 Å². The fraction of sp³-hybridized carbons (Fsp3) is 0.222. The lowest BCUT2D eigenvalue weighted by Crippen LogP contribution is -2.33. The lowest BCUT2D eigenvalue weighted by molar-refractivity contribution is 0.215. The van der Waals surface area contributed by atoms with E-state index in [1.165, 1.54) is 16.6 Å². The van der Waals surface area contributed by atoms with Crippen molar-refractivity contribution in [3.63, 3.8) is 0 Å². The predicted molar refractivity (Wildman–Crippen MR) is 105 cm³/mol. The van der Waals surface area contributed by atoms with E-state index in [4.69, 9.17) is 4.74 Å². The fourth-order valence-electron chi connectivity index (χ4n) is 3.09. The van der Waals surface area contributed by atoms with Gasteiger partial charge < -0.3 is 9.72 Å². The largest absolute Gasteiger partial charge is 0.417 e. The summed E-state index contributed by atoms with van der Waals surface area (Å²) in [6.45, 7) is 0.629. The maximum atomic E-state index is 14.7. The second kappa shape index (κ2) is 7.88. The summed E-state index contributed by atoms with van der Waals surface area (Å²) in [6.07, 6.45) is 3.17. The number of halogens is 2. The topological polar surface area (TPSA) is 116 Å². The van der Waals surface area contributed by atoms with Crippen molar-refractivity contribution in [3.05, 3.63) is 48.3 Å². The number of aromatic amines is 1. The minimum Gasteiger partial charge on any atom is -0.408 e. The minimum absolute atomic E-state index is 0.0614. The number of hydrogen-bond acceptors (Lipinski definition) is 5. The SMILES string of the molecule is O=C(Nc1c(F)ccc(NS(=O)(=O)N2CCCC2)c1F)Oc1cnc2[nH]ccc2c1. The number of H-pyrrole nitrogens is 1. The number of pyridine rings is 1. The number of ether oxygens (including phenoxy) is 1. The van der Waals surface area contributed by atoms with E-state index in [0.717, 1.165) is 12.1 Å². The van der Waals surface area contributed by atoms with Crippen molar-refractivity contribution < 1.29 is 26.7 Å². The highest BCUT2D eigenvalue weighted by molar-refractivity contribution is 7.90. The summed E-state index contributed by atoms with van der Waals surface area (Å²) in [7, 11) is -3.99. The molecule has 4 rings (SSSR count). The number of carbonyl (C=O) groups is 1. The van der Waals surface area contributed by atoms with Crippen molar-refractivity contribution in [2.45, 2.75) is 12.8 Å². The zero-order valence-electron chi connectivity index (χ0n) is 15.5. The fourth-order valence-corrected chi connectivity index (χ4v) is 4.39. The van der Waals surface area contributed by atoms with Crippen molar-refractivity contribution in [2.75, 3.05) is 23.1 Å². The van der Waals surface area contributed by atoms with E-state index in [2.05, 4.69) is 14.7 Å². The third-order valence-corrected chi connectivity index (χ3v) is 6.07. The summed E-state index contributed by atoms with van der Waals surface area (Å²) in [5.74, 6) is -2.30. The molecule has 9 nitrogen and oxygen atoms in total. The summed E-state index contributed by atoms with van der Waals surface area (Å²) in [4.78, 5) is 19.0. The molecule has 0 atom stereocenters. The van der Waals surface area contributed by atoms with Crippen LogP contribution in [0.4, 0.5) is 25.0 Å². The Labute approximate surface area is 170 Å². The Kier molecular flexibility index (Phi) is 5.26. The van der Waals surface area contributed by atoms with Crippen LogP contribution in [0.1, 0.15) is 12.8 Å². The molecule has 0 saturated carbocycles. The maximum Gasteiger partial charge on any atom is 0.417 e. The standard InChI is InChI=1S/C18H17F2N5O4S/c19-13-3-4-14(24-30(27,28)25-7-1-2-8-25)15(20)16(13)23-18(26)29-12-9-11-5-6-21-17(11)22-10-12/h3-6,9-10,24H,1-2,7-8H2,(H,21,22)(H,23,26). The Morgan fingerprint density at radius 2 is 1.97 bits per heavy atom. The van der Waals surface area contributed by atoms with Gasteiger partial charge in [-0.3, -0.25) is 10.0 Å². The van der Waals surface area contributed by atoms with Crippen molar-refractivity contribution >= 4 is 38.7 Å². The highest BCUT2D eigenvalue weighted by Gasteiger charge is 2.27. The molecule has 2 aromatic heterocycles. The van der Waals surface area contributed by atoms with Gasteiger partial charge in [0.05, 0.1) is 11.9 Å². The van der Waals surface area contributed by atoms with Gasteiger partial charge in [0, 0.05) is 24.7 Å². The summed E-state index contributed by atoms with van der Waals surface area (Å²) in [5, 5.41) is 2.65. The molecule has 1 amide bonds. The van der Waals surface area contributed by atoms with E-state index in [0.29, 0.717) is 37.0 Å². The first-order chi connectivity index (χ1) is 14.3. The van der Waals surface area contributed by atoms with E-state index in [9.17, 15) is 22.0 Å². The summed E-state index contributed by atoms with van der Waals surface area (Å²) in [5.41, 5.74) is -0.746. The molecule has 0 aliphatic carbocycles. The lowest BCUT2D eigenvalue weighted by atomic mass is 10.2. The third-order valence-electron chi connectivity index (χ3n) is 4.55. The molecule has 30 heavy (non-hydrogen) atoms. The molecule has 1 aromatic carbocycles. The van der Waals surface area contributed by atoms with Crippen molar-refractivity contribution in [1.29, 1.82) is 0 Å². The minimum atomic E-state index is -3.99. The molecule has 1 fully saturated rings. The van der Waals surface area contributed by atoms with E-state index >= 15 is 0 Å². The molecule has 0 unspecified atom stereocenters. The van der Waals surface area contributed by atoms with Crippen LogP contribution in [-0.2, 0) is 10.2 Å². The number of nitrogens with zero attached hydrogens (tertiary/aromatic N) is 2. The molecule has 1 saturated heterocycles. The normalized spacial score (nSPS) is 14.7. The van der Waals surface area contributed by atoms with Crippen LogP contribution < -0.4 is 14.8 Å². The van der Waals surface area contributed by atoms with E-state index in [-0.39, 0.29) is 5.75 Å². The number of carbonyl (C=O) groups excluding carboxylic acids is 1. The van der Waals surface area contributed by atoms with Crippen molar-refractivity contribution in [3.8, 4) is 5.75 Å². The first kappa shape index (κ1) is 20.0. The van der Waals surface area contributed by atoms with Crippen molar-refractivity contribution in [2.24, 2.45) is 0 Å². The van der Waals surface area contributed by atoms with Crippen LogP contribution >= 0.6 is 0 Å². The molecule has 158 valence electrons. The van der Waals surface area contributed by atoms with Gasteiger partial charge in [-0.2, -0.15) is 12.7 Å². The van der Waals surface area contributed by atoms with Crippen LogP contribution in [0.2, 0.25) is 0 Å². The number of anilines is 2. The van der Waals surface area contributed by atoms with Gasteiger partial charge in [-0.25, -0.2) is 18.6 Å². The average Bonchev–Trinajstić information content (AvgIpc) is 3.39. The van der Waals surface area contributed by atoms with Crippen LogP contribution in [0, 0.1) is 11.6 Å². The van der Waals surface area contributed by atoms with Crippen LogP contribution in [0.3, 0.4) is 0 Å². The zero-order valence-corrected chi connectivity index (χ0v) is 16.3. The first-order valence-corrected chi connectivity index (χ1v) is 10.5. The Morgan fingerprint density at radius 3 is 2.73 bits per heavy atom. The molecule has 1 aliphatic rings. The molecule has 3 heterocycles. The molecule has 12 heteroatoms. The quantitative estimate of drug-likeness (QED) is 0.567. The Bertz CT molecular complexity index is 1210. The highest BCUT2D eigenvalue weighted by atomic mass is 32.2. The van der Waals surface area contributed by atoms with E-state index in [1.54, 1.807) is 12.3 Å². The second-order valence-electron chi connectivity index (χ2n) is 6.60. The molecule has 3 N–H and O–H groups in total. The maximum absolute atomic E-state index is 14.7. The van der Waals surface area contributed by atoms with Crippen molar-refractivity contribution in [1.82, 2.24) is 14.3 Å². The van der Waals surface area contributed by atoms with Crippen LogP contribution in [-0.4, -0.2) is 41.9 Å².